The number of nitrogens with zero attached hydrogens (tertiary/aromatic N) is 2. The lowest BCUT2D eigenvalue weighted by molar-refractivity contribution is 1.13. The molecule has 7 heteroatoms. The summed E-state index contributed by atoms with van der Waals surface area (Å²) in [5.74, 6) is 2.60. The van der Waals surface area contributed by atoms with Gasteiger partial charge in [0, 0.05) is 37.5 Å². The molecule has 5 nitrogen and oxygen atoms in total. The Labute approximate surface area is 104 Å². The zero-order valence-electron chi connectivity index (χ0n) is 9.49. The number of thioether (sulfide) groups is 1. The molecule has 1 aromatic heterocycles. The smallest absolute Gasteiger partial charge is 0.197 e. The van der Waals surface area contributed by atoms with Crippen LogP contribution in [0.5, 0.6) is 0 Å². The van der Waals surface area contributed by atoms with Gasteiger partial charge in [-0.15, -0.1) is 11.3 Å². The standard InChI is InChI=1S/C9H17N5S2/c1-11-8(12-2)14-9-13-7(6-16-9)5-15-4-3-10/h6H,3-5,10H2,1-2H3,(H2,11,12,13,14). The average Bonchev–Trinajstić information content (AvgIpc) is 2.74. The van der Waals surface area contributed by atoms with Gasteiger partial charge in [0.1, 0.15) is 0 Å². The molecule has 0 saturated heterocycles. The molecule has 0 fully saturated rings. The molecule has 0 amide bonds. The molecular weight excluding hydrogens is 242 g/mol. The van der Waals surface area contributed by atoms with Crippen LogP contribution < -0.4 is 16.4 Å². The predicted molar refractivity (Wildman–Crippen MR) is 73.4 cm³/mol. The summed E-state index contributed by atoms with van der Waals surface area (Å²) in [7, 11) is 3.55. The molecule has 0 aliphatic heterocycles. The quantitative estimate of drug-likeness (QED) is 0.417. The number of nitrogens with one attached hydrogen (secondary N) is 2. The summed E-state index contributed by atoms with van der Waals surface area (Å²) in [6, 6.07) is 0. The van der Waals surface area contributed by atoms with Gasteiger partial charge in [0.2, 0.25) is 0 Å². The van der Waals surface area contributed by atoms with Gasteiger partial charge in [-0.3, -0.25) is 4.99 Å². The fourth-order valence-corrected chi connectivity index (χ4v) is 2.51. The molecule has 0 spiro atoms. The minimum absolute atomic E-state index is 0.715. The van der Waals surface area contributed by atoms with Crippen molar-refractivity contribution < 1.29 is 0 Å². The molecule has 4 N–H and O–H groups in total. The van der Waals surface area contributed by atoms with E-state index in [4.69, 9.17) is 5.73 Å². The molecule has 0 atom stereocenters. The molecular formula is C9H17N5S2. The fraction of sp³-hybridized carbons (Fsp3) is 0.556. The number of hydrogen-bond acceptors (Lipinski definition) is 5. The summed E-state index contributed by atoms with van der Waals surface area (Å²) in [6.45, 7) is 0.715. The normalized spacial score (nSPS) is 11.6. The van der Waals surface area contributed by atoms with Crippen LogP contribution in [-0.4, -0.2) is 37.3 Å². The molecule has 16 heavy (non-hydrogen) atoms. The Kier molecular flexibility index (Phi) is 6.20. The first kappa shape index (κ1) is 13.3. The Bertz CT molecular complexity index is 336. The van der Waals surface area contributed by atoms with Gasteiger partial charge in [0.05, 0.1) is 5.69 Å². The van der Waals surface area contributed by atoms with Gasteiger partial charge in [-0.2, -0.15) is 11.8 Å². The maximum absolute atomic E-state index is 5.42. The lowest BCUT2D eigenvalue weighted by Crippen LogP contribution is -2.26. The van der Waals surface area contributed by atoms with E-state index in [-0.39, 0.29) is 0 Å². The van der Waals surface area contributed by atoms with Gasteiger partial charge in [-0.1, -0.05) is 0 Å². The maximum Gasteiger partial charge on any atom is 0.197 e. The third-order valence-electron chi connectivity index (χ3n) is 1.75. The van der Waals surface area contributed by atoms with Gasteiger partial charge >= 0.3 is 0 Å². The van der Waals surface area contributed by atoms with Crippen molar-refractivity contribution >= 4 is 34.2 Å². The van der Waals surface area contributed by atoms with Crippen LogP contribution in [0.3, 0.4) is 0 Å². The zero-order valence-corrected chi connectivity index (χ0v) is 11.1. The maximum atomic E-state index is 5.42. The van der Waals surface area contributed by atoms with Crippen LogP contribution in [-0.2, 0) is 5.75 Å². The number of guanidine groups is 1. The number of hydrogen-bond donors (Lipinski definition) is 3. The van der Waals surface area contributed by atoms with Crippen LogP contribution in [0.4, 0.5) is 5.13 Å². The van der Waals surface area contributed by atoms with Crippen molar-refractivity contribution in [3.63, 3.8) is 0 Å². The van der Waals surface area contributed by atoms with E-state index in [0.717, 1.165) is 28.3 Å². The molecule has 1 rings (SSSR count). The highest BCUT2D eigenvalue weighted by molar-refractivity contribution is 7.98. The summed E-state index contributed by atoms with van der Waals surface area (Å²) in [5, 5.41) is 8.96. The Hall–Kier alpha value is -0.790. The minimum atomic E-state index is 0.715. The molecule has 90 valence electrons. The van der Waals surface area contributed by atoms with Crippen LogP contribution in [0.1, 0.15) is 5.69 Å². The molecule has 0 radical (unpaired) electrons. The van der Waals surface area contributed by atoms with E-state index in [1.165, 1.54) is 0 Å². The van der Waals surface area contributed by atoms with E-state index in [2.05, 4.69) is 26.0 Å². The summed E-state index contributed by atoms with van der Waals surface area (Å²) < 4.78 is 0. The van der Waals surface area contributed by atoms with Gasteiger partial charge in [-0.05, 0) is 0 Å². The molecule has 0 aliphatic rings. The topological polar surface area (TPSA) is 75.3 Å². The monoisotopic (exact) mass is 259 g/mol. The average molecular weight is 259 g/mol. The first-order valence-electron chi connectivity index (χ1n) is 4.94. The summed E-state index contributed by atoms with van der Waals surface area (Å²) >= 11 is 3.37. The van der Waals surface area contributed by atoms with Gasteiger partial charge < -0.3 is 16.4 Å². The lowest BCUT2D eigenvalue weighted by Gasteiger charge is -2.03. The molecule has 0 unspecified atom stereocenters. The first-order valence-corrected chi connectivity index (χ1v) is 6.97. The number of nitrogens with two attached hydrogens (primary N) is 1. The number of aliphatic imine (C=N–C) groups is 1. The van der Waals surface area contributed by atoms with E-state index in [1.54, 1.807) is 30.1 Å². The van der Waals surface area contributed by atoms with Crippen molar-refractivity contribution in [3.8, 4) is 0 Å². The second kappa shape index (κ2) is 7.48. The number of thiazole rings is 1. The molecule has 0 aromatic carbocycles. The molecule has 1 heterocycles. The number of anilines is 1. The van der Waals surface area contributed by atoms with Crippen LogP contribution in [0.2, 0.25) is 0 Å². The van der Waals surface area contributed by atoms with Crippen molar-refractivity contribution in [3.05, 3.63) is 11.1 Å². The fourth-order valence-electron chi connectivity index (χ4n) is 1.02. The summed E-state index contributed by atoms with van der Waals surface area (Å²) in [6.07, 6.45) is 0. The number of aromatic nitrogens is 1. The lowest BCUT2D eigenvalue weighted by atomic mass is 10.6. The molecule has 0 aliphatic carbocycles. The van der Waals surface area contributed by atoms with E-state index in [0.29, 0.717) is 6.54 Å². The van der Waals surface area contributed by atoms with Crippen LogP contribution in [0.15, 0.2) is 10.4 Å². The Morgan fingerprint density at radius 2 is 2.50 bits per heavy atom. The van der Waals surface area contributed by atoms with Crippen LogP contribution >= 0.6 is 23.1 Å². The molecule has 0 saturated carbocycles. The van der Waals surface area contributed by atoms with Gasteiger partial charge in [0.25, 0.3) is 0 Å². The Morgan fingerprint density at radius 3 is 3.12 bits per heavy atom. The highest BCUT2D eigenvalue weighted by Crippen LogP contribution is 2.19. The van der Waals surface area contributed by atoms with E-state index in [9.17, 15) is 0 Å². The Morgan fingerprint density at radius 1 is 1.69 bits per heavy atom. The largest absolute Gasteiger partial charge is 0.359 e. The second-order valence-corrected chi connectivity index (χ2v) is 4.90. The third-order valence-corrected chi connectivity index (χ3v) is 3.58. The number of rotatable bonds is 5. The van der Waals surface area contributed by atoms with Crippen molar-refractivity contribution in [2.45, 2.75) is 5.75 Å². The van der Waals surface area contributed by atoms with Crippen molar-refractivity contribution in [2.24, 2.45) is 10.7 Å². The van der Waals surface area contributed by atoms with E-state index in [1.807, 2.05) is 7.05 Å². The third kappa shape index (κ3) is 4.38. The van der Waals surface area contributed by atoms with E-state index < -0.39 is 0 Å². The van der Waals surface area contributed by atoms with Gasteiger partial charge in [0.15, 0.2) is 11.1 Å². The highest BCUT2D eigenvalue weighted by Gasteiger charge is 2.03. The molecule has 1 aromatic rings. The highest BCUT2D eigenvalue weighted by atomic mass is 32.2. The second-order valence-electron chi connectivity index (χ2n) is 2.93. The minimum Gasteiger partial charge on any atom is -0.359 e. The zero-order chi connectivity index (χ0) is 11.8. The predicted octanol–water partition coefficient (Wildman–Crippen LogP) is 0.952. The first-order chi connectivity index (χ1) is 7.80. The van der Waals surface area contributed by atoms with Crippen LogP contribution in [0, 0.1) is 0 Å². The Balaban J connectivity index is 2.45. The van der Waals surface area contributed by atoms with Crippen molar-refractivity contribution in [1.29, 1.82) is 0 Å². The molecule has 0 bridgehead atoms. The SMILES string of the molecule is CN=C(NC)Nc1nc(CSCCN)cs1. The summed E-state index contributed by atoms with van der Waals surface area (Å²) in [4.78, 5) is 8.47. The van der Waals surface area contributed by atoms with E-state index >= 15 is 0 Å². The van der Waals surface area contributed by atoms with Crippen LogP contribution in [0.25, 0.3) is 0 Å². The van der Waals surface area contributed by atoms with Crippen molar-refractivity contribution in [1.82, 2.24) is 10.3 Å². The summed E-state index contributed by atoms with van der Waals surface area (Å²) in [5.41, 5.74) is 6.51. The van der Waals surface area contributed by atoms with Gasteiger partial charge in [-0.25, -0.2) is 4.98 Å². The van der Waals surface area contributed by atoms with Crippen molar-refractivity contribution in [2.75, 3.05) is 31.7 Å².